The number of hydrogen-bond donors (Lipinski definition) is 0. The lowest BCUT2D eigenvalue weighted by atomic mass is 10.1. The molecule has 0 saturated carbocycles. The normalized spacial score (nSPS) is 29.2. The van der Waals surface area contributed by atoms with E-state index in [1.165, 1.54) is 0 Å². The molecule has 0 N–H and O–H groups in total. The fourth-order valence-electron chi connectivity index (χ4n) is 3.89. The number of fused-ring (bicyclic) bond motifs is 1. The van der Waals surface area contributed by atoms with E-state index in [-0.39, 0.29) is 17.7 Å². The van der Waals surface area contributed by atoms with E-state index in [2.05, 4.69) is 4.90 Å². The number of piperazine rings is 1. The Balaban J connectivity index is 1.33. The Hall–Kier alpha value is -1.60. The number of carbonyl (C=O) groups is 1. The summed E-state index contributed by atoms with van der Waals surface area (Å²) in [6.07, 6.45) is 0.939. The summed E-state index contributed by atoms with van der Waals surface area (Å²) < 4.78 is 29.1. The number of amides is 1. The number of sulfone groups is 1. The molecule has 0 bridgehead atoms. The third-order valence-electron chi connectivity index (χ3n) is 5.27. The Bertz CT molecular complexity index is 716. The average Bonchev–Trinajstić information content (AvgIpc) is 3.17. The molecule has 1 amide bonds. The molecule has 24 heavy (non-hydrogen) atoms. The molecule has 3 aliphatic heterocycles. The first-order valence-corrected chi connectivity index (χ1v) is 10.3. The highest BCUT2D eigenvalue weighted by atomic mass is 32.2. The molecule has 130 valence electrons. The second kappa shape index (κ2) is 6.04. The summed E-state index contributed by atoms with van der Waals surface area (Å²) in [5.74, 6) is 1.42. The van der Waals surface area contributed by atoms with Crippen molar-refractivity contribution in [2.24, 2.45) is 0 Å². The minimum atomic E-state index is -2.86. The van der Waals surface area contributed by atoms with Crippen LogP contribution in [-0.4, -0.2) is 74.0 Å². The van der Waals surface area contributed by atoms with Crippen LogP contribution in [0.5, 0.6) is 5.75 Å². The predicted molar refractivity (Wildman–Crippen MR) is 89.8 cm³/mol. The quantitative estimate of drug-likeness (QED) is 0.769. The Morgan fingerprint density at radius 3 is 2.54 bits per heavy atom. The molecule has 1 aromatic rings. The summed E-state index contributed by atoms with van der Waals surface area (Å²) in [5.41, 5.74) is 1.09. The molecule has 0 aliphatic carbocycles. The number of hydrogen-bond acceptors (Lipinski definition) is 5. The molecule has 0 spiro atoms. The van der Waals surface area contributed by atoms with Gasteiger partial charge in [0, 0.05) is 38.6 Å². The molecular weight excluding hydrogens is 328 g/mol. The van der Waals surface area contributed by atoms with Crippen LogP contribution in [0.15, 0.2) is 24.3 Å². The van der Waals surface area contributed by atoms with Crippen LogP contribution in [0.1, 0.15) is 12.0 Å². The van der Waals surface area contributed by atoms with E-state index in [4.69, 9.17) is 4.74 Å². The Morgan fingerprint density at radius 1 is 1.12 bits per heavy atom. The SMILES string of the molecule is O=C([C@@H]1Cc2ccccc2O1)N1CCN([C@@H]2CCS(=O)(=O)C2)CC1. The van der Waals surface area contributed by atoms with Crippen LogP contribution >= 0.6 is 0 Å². The van der Waals surface area contributed by atoms with Gasteiger partial charge in [-0.05, 0) is 18.1 Å². The van der Waals surface area contributed by atoms with Gasteiger partial charge in [0.1, 0.15) is 5.75 Å². The molecule has 0 unspecified atom stereocenters. The maximum Gasteiger partial charge on any atom is 0.264 e. The third-order valence-corrected chi connectivity index (χ3v) is 7.02. The highest BCUT2D eigenvalue weighted by molar-refractivity contribution is 7.91. The molecule has 4 rings (SSSR count). The minimum absolute atomic E-state index is 0.0462. The zero-order valence-corrected chi connectivity index (χ0v) is 14.4. The number of ether oxygens (including phenoxy) is 1. The summed E-state index contributed by atoms with van der Waals surface area (Å²) in [6, 6.07) is 7.91. The van der Waals surface area contributed by atoms with Gasteiger partial charge in [0.25, 0.3) is 5.91 Å². The fraction of sp³-hybridized carbons (Fsp3) is 0.588. The van der Waals surface area contributed by atoms with E-state index >= 15 is 0 Å². The van der Waals surface area contributed by atoms with Crippen LogP contribution in [-0.2, 0) is 21.1 Å². The maximum absolute atomic E-state index is 12.7. The van der Waals surface area contributed by atoms with Gasteiger partial charge in [0.15, 0.2) is 15.9 Å². The molecule has 3 heterocycles. The molecule has 0 aromatic heterocycles. The van der Waals surface area contributed by atoms with Gasteiger partial charge in [-0.1, -0.05) is 18.2 Å². The van der Waals surface area contributed by atoms with Crippen molar-refractivity contribution in [1.82, 2.24) is 9.80 Å². The summed E-state index contributed by atoms with van der Waals surface area (Å²) in [6.45, 7) is 2.77. The van der Waals surface area contributed by atoms with Crippen LogP contribution < -0.4 is 4.74 Å². The lowest BCUT2D eigenvalue weighted by Gasteiger charge is -2.38. The van der Waals surface area contributed by atoms with Crippen LogP contribution in [0.25, 0.3) is 0 Å². The van der Waals surface area contributed by atoms with E-state index in [9.17, 15) is 13.2 Å². The monoisotopic (exact) mass is 350 g/mol. The van der Waals surface area contributed by atoms with Crippen molar-refractivity contribution in [3.63, 3.8) is 0 Å². The van der Waals surface area contributed by atoms with Crippen molar-refractivity contribution in [2.45, 2.75) is 25.0 Å². The lowest BCUT2D eigenvalue weighted by molar-refractivity contribution is -0.140. The highest BCUT2D eigenvalue weighted by Crippen LogP contribution is 2.29. The zero-order valence-electron chi connectivity index (χ0n) is 13.6. The van der Waals surface area contributed by atoms with Crippen LogP contribution in [0.4, 0.5) is 0 Å². The van der Waals surface area contributed by atoms with Crippen LogP contribution in [0, 0.1) is 0 Å². The van der Waals surface area contributed by atoms with Gasteiger partial charge in [-0.25, -0.2) is 8.42 Å². The molecule has 3 aliphatic rings. The molecule has 2 saturated heterocycles. The predicted octanol–water partition coefficient (Wildman–Crippen LogP) is 0.321. The number of para-hydroxylation sites is 1. The largest absolute Gasteiger partial charge is 0.480 e. The van der Waals surface area contributed by atoms with Crippen molar-refractivity contribution < 1.29 is 17.9 Å². The van der Waals surface area contributed by atoms with E-state index in [1.807, 2.05) is 29.2 Å². The summed E-state index contributed by atoms with van der Waals surface area (Å²) in [7, 11) is -2.86. The van der Waals surface area contributed by atoms with Crippen molar-refractivity contribution >= 4 is 15.7 Å². The fourth-order valence-corrected chi connectivity index (χ4v) is 5.66. The van der Waals surface area contributed by atoms with Gasteiger partial charge in [-0.2, -0.15) is 0 Å². The summed E-state index contributed by atoms with van der Waals surface area (Å²) >= 11 is 0. The maximum atomic E-state index is 12.7. The molecule has 0 radical (unpaired) electrons. The van der Waals surface area contributed by atoms with E-state index < -0.39 is 15.9 Å². The highest BCUT2D eigenvalue weighted by Gasteiger charge is 2.37. The minimum Gasteiger partial charge on any atom is -0.480 e. The first-order valence-electron chi connectivity index (χ1n) is 8.50. The summed E-state index contributed by atoms with van der Waals surface area (Å²) in [5, 5.41) is 0. The second-order valence-electron chi connectivity index (χ2n) is 6.84. The van der Waals surface area contributed by atoms with Crippen molar-refractivity contribution in [2.75, 3.05) is 37.7 Å². The number of rotatable bonds is 2. The van der Waals surface area contributed by atoms with Gasteiger partial charge in [-0.15, -0.1) is 0 Å². The van der Waals surface area contributed by atoms with E-state index in [0.29, 0.717) is 25.3 Å². The molecule has 2 fully saturated rings. The number of benzene rings is 1. The van der Waals surface area contributed by atoms with Gasteiger partial charge < -0.3 is 9.64 Å². The third kappa shape index (κ3) is 3.02. The molecular formula is C17H22N2O4S. The Morgan fingerprint density at radius 2 is 1.88 bits per heavy atom. The first-order chi connectivity index (χ1) is 11.5. The second-order valence-corrected chi connectivity index (χ2v) is 9.07. The molecule has 1 aromatic carbocycles. The molecule has 6 nitrogen and oxygen atoms in total. The van der Waals surface area contributed by atoms with E-state index in [1.54, 1.807) is 0 Å². The smallest absolute Gasteiger partial charge is 0.264 e. The van der Waals surface area contributed by atoms with Gasteiger partial charge in [0.05, 0.1) is 11.5 Å². The Labute approximate surface area is 142 Å². The van der Waals surface area contributed by atoms with Crippen LogP contribution in [0.3, 0.4) is 0 Å². The molecule has 2 atom stereocenters. The van der Waals surface area contributed by atoms with Crippen LogP contribution in [0.2, 0.25) is 0 Å². The van der Waals surface area contributed by atoms with Gasteiger partial charge in [-0.3, -0.25) is 9.69 Å². The summed E-state index contributed by atoms with van der Waals surface area (Å²) in [4.78, 5) is 16.8. The first kappa shape index (κ1) is 15.9. The zero-order chi connectivity index (χ0) is 16.7. The van der Waals surface area contributed by atoms with Crippen molar-refractivity contribution in [3.05, 3.63) is 29.8 Å². The standard InChI is InChI=1S/C17H22N2O4S/c20-17(16-11-13-3-1-2-4-15(13)23-16)19-8-6-18(7-9-19)14-5-10-24(21,22)12-14/h1-4,14,16H,5-12H2/t14-,16+/m1/s1. The molecule has 7 heteroatoms. The van der Waals surface area contributed by atoms with Crippen molar-refractivity contribution in [1.29, 1.82) is 0 Å². The van der Waals surface area contributed by atoms with E-state index in [0.717, 1.165) is 30.8 Å². The number of nitrogens with zero attached hydrogens (tertiary/aromatic N) is 2. The lowest BCUT2D eigenvalue weighted by Crippen LogP contribution is -2.54. The van der Waals surface area contributed by atoms with Gasteiger partial charge >= 0.3 is 0 Å². The number of carbonyl (C=O) groups excluding carboxylic acids is 1. The van der Waals surface area contributed by atoms with Crippen molar-refractivity contribution in [3.8, 4) is 5.75 Å². The topological polar surface area (TPSA) is 66.9 Å². The van der Waals surface area contributed by atoms with Gasteiger partial charge in [0.2, 0.25) is 0 Å². The Kier molecular flexibility index (Phi) is 4.00. The average molecular weight is 350 g/mol.